The Hall–Kier alpha value is -4.92. The van der Waals surface area contributed by atoms with Crippen LogP contribution in [-0.2, 0) is 4.79 Å². The normalized spacial score (nSPS) is 14.2. The highest BCUT2D eigenvalue weighted by atomic mass is 16.2. The van der Waals surface area contributed by atoms with E-state index in [1.54, 1.807) is 37.2 Å². The Kier molecular flexibility index (Phi) is 6.09. The molecule has 1 saturated carbocycles. The maximum atomic E-state index is 12.2. The number of nitrogens with zero attached hydrogens (tertiary/aromatic N) is 5. The number of hydrogen-bond acceptors (Lipinski definition) is 6. The Bertz CT molecular complexity index is 1780. The second kappa shape index (κ2) is 9.85. The Labute approximate surface area is 218 Å². The van der Waals surface area contributed by atoms with E-state index in [9.17, 15) is 4.79 Å². The lowest BCUT2D eigenvalue weighted by atomic mass is 10.1. The number of carbonyl (C=O) groups excluding carboxylic acids is 1. The van der Waals surface area contributed by atoms with Gasteiger partial charge < -0.3 is 10.3 Å². The number of imidazole rings is 1. The number of carbonyl (C=O) groups is 1. The first-order valence-electron chi connectivity index (χ1n) is 12.6. The molecule has 0 bridgehead atoms. The molecular formula is C29H26N8O. The summed E-state index contributed by atoms with van der Waals surface area (Å²) in [7, 11) is 0. The number of rotatable bonds is 7. The van der Waals surface area contributed by atoms with Gasteiger partial charge in [0.15, 0.2) is 5.82 Å². The molecule has 188 valence electrons. The lowest BCUT2D eigenvalue weighted by molar-refractivity contribution is -0.117. The van der Waals surface area contributed by atoms with E-state index in [0.29, 0.717) is 17.2 Å². The topological polar surface area (TPSA) is 125 Å². The summed E-state index contributed by atoms with van der Waals surface area (Å²) in [5.41, 5.74) is 6.40. The van der Waals surface area contributed by atoms with Crippen molar-refractivity contribution < 1.29 is 4.79 Å². The average Bonchev–Trinajstić information content (AvgIpc) is 3.60. The third-order valence-corrected chi connectivity index (χ3v) is 6.49. The van der Waals surface area contributed by atoms with Gasteiger partial charge >= 0.3 is 0 Å². The summed E-state index contributed by atoms with van der Waals surface area (Å²) in [6.45, 7) is 6.36. The number of nitrogens with one attached hydrogen (secondary N) is 3. The number of anilines is 1. The van der Waals surface area contributed by atoms with E-state index in [-0.39, 0.29) is 11.8 Å². The summed E-state index contributed by atoms with van der Waals surface area (Å²) in [5.74, 6) is 0.783. The zero-order valence-electron chi connectivity index (χ0n) is 20.9. The van der Waals surface area contributed by atoms with Gasteiger partial charge in [-0.2, -0.15) is 5.10 Å². The molecule has 0 spiro atoms. The summed E-state index contributed by atoms with van der Waals surface area (Å²) >= 11 is 0. The SMILES string of the molecule is C=C(/C=c1/c(-c2nc3c(-c4ccncc4)cncc3[nH]2)n[nH]/c1=C/CC)c1cncc(NC(=O)C2CC2)c1. The Morgan fingerprint density at radius 2 is 1.95 bits per heavy atom. The predicted molar refractivity (Wildman–Crippen MR) is 148 cm³/mol. The predicted octanol–water partition coefficient (Wildman–Crippen LogP) is 3.84. The number of fused-ring (bicyclic) bond motifs is 1. The van der Waals surface area contributed by atoms with E-state index in [4.69, 9.17) is 4.98 Å². The Morgan fingerprint density at radius 3 is 2.74 bits per heavy atom. The summed E-state index contributed by atoms with van der Waals surface area (Å²) in [5, 5.41) is 12.4. The number of H-pyrrole nitrogens is 2. The standard InChI is InChI=1S/C29H26N8O/c1-3-4-24-22(11-17(2)20-12-21(14-31-13-20)33-29(38)19-5-6-19)27(37-36-24)28-34-25-16-32-15-23(26(25)35-28)18-7-9-30-10-8-18/h4,7-16,19,36H,2-3,5-6H2,1H3,(H,33,38)(H,34,35)/b22-11+,24-4+. The molecule has 5 aromatic rings. The van der Waals surface area contributed by atoms with Gasteiger partial charge in [0.1, 0.15) is 5.69 Å². The van der Waals surface area contributed by atoms with Crippen LogP contribution in [-0.4, -0.2) is 41.0 Å². The van der Waals surface area contributed by atoms with Crippen molar-refractivity contribution in [2.75, 3.05) is 5.32 Å². The number of pyridine rings is 3. The van der Waals surface area contributed by atoms with Crippen molar-refractivity contribution in [3.63, 3.8) is 0 Å². The second-order valence-electron chi connectivity index (χ2n) is 9.31. The van der Waals surface area contributed by atoms with Gasteiger partial charge in [0.05, 0.1) is 34.5 Å². The first kappa shape index (κ1) is 23.5. The second-order valence-corrected chi connectivity index (χ2v) is 9.31. The molecule has 9 heteroatoms. The minimum absolute atomic E-state index is 0.0426. The minimum Gasteiger partial charge on any atom is -0.335 e. The summed E-state index contributed by atoms with van der Waals surface area (Å²) in [6.07, 6.45) is 17.2. The van der Waals surface area contributed by atoms with Gasteiger partial charge in [-0.1, -0.05) is 19.6 Å². The molecule has 0 atom stereocenters. The molecular weight excluding hydrogens is 476 g/mol. The van der Waals surface area contributed by atoms with Crippen molar-refractivity contribution in [2.45, 2.75) is 26.2 Å². The molecule has 0 aromatic carbocycles. The van der Waals surface area contributed by atoms with Crippen LogP contribution in [0.5, 0.6) is 0 Å². The molecule has 1 amide bonds. The molecule has 5 heterocycles. The van der Waals surface area contributed by atoms with Crippen molar-refractivity contribution >= 4 is 40.4 Å². The first-order valence-corrected chi connectivity index (χ1v) is 12.6. The molecule has 6 rings (SSSR count). The van der Waals surface area contributed by atoms with E-state index in [1.165, 1.54) is 0 Å². The molecule has 3 N–H and O–H groups in total. The van der Waals surface area contributed by atoms with Crippen molar-refractivity contribution in [3.8, 4) is 22.6 Å². The minimum atomic E-state index is 0.0426. The van der Waals surface area contributed by atoms with Crippen molar-refractivity contribution in [1.29, 1.82) is 0 Å². The zero-order valence-corrected chi connectivity index (χ0v) is 20.9. The number of allylic oxidation sites excluding steroid dienone is 1. The van der Waals surface area contributed by atoms with Gasteiger partial charge in [0, 0.05) is 47.1 Å². The van der Waals surface area contributed by atoms with Gasteiger partial charge in [-0.3, -0.25) is 24.8 Å². The zero-order chi connectivity index (χ0) is 26.1. The lowest BCUT2D eigenvalue weighted by Crippen LogP contribution is -2.24. The fraction of sp³-hybridized carbons (Fsp3) is 0.172. The van der Waals surface area contributed by atoms with Crippen LogP contribution in [0.4, 0.5) is 5.69 Å². The molecule has 0 saturated heterocycles. The summed E-state index contributed by atoms with van der Waals surface area (Å²) < 4.78 is 0. The molecule has 1 aliphatic rings. The van der Waals surface area contributed by atoms with Crippen LogP contribution < -0.4 is 15.9 Å². The van der Waals surface area contributed by atoms with Crippen LogP contribution in [0.1, 0.15) is 31.7 Å². The van der Waals surface area contributed by atoms with E-state index < -0.39 is 0 Å². The third-order valence-electron chi connectivity index (χ3n) is 6.49. The quantitative estimate of drug-likeness (QED) is 0.311. The number of amides is 1. The van der Waals surface area contributed by atoms with Gasteiger partial charge in [0.25, 0.3) is 0 Å². The molecule has 9 nitrogen and oxygen atoms in total. The smallest absolute Gasteiger partial charge is 0.227 e. The highest BCUT2D eigenvalue weighted by molar-refractivity contribution is 5.96. The van der Waals surface area contributed by atoms with Crippen LogP contribution in [0.25, 0.3) is 51.4 Å². The highest BCUT2D eigenvalue weighted by Gasteiger charge is 2.29. The maximum Gasteiger partial charge on any atom is 0.227 e. The van der Waals surface area contributed by atoms with E-state index in [0.717, 1.165) is 63.1 Å². The van der Waals surface area contributed by atoms with E-state index in [2.05, 4.69) is 55.0 Å². The monoisotopic (exact) mass is 502 g/mol. The van der Waals surface area contributed by atoms with Crippen LogP contribution in [0.2, 0.25) is 0 Å². The van der Waals surface area contributed by atoms with Crippen molar-refractivity contribution in [1.82, 2.24) is 35.1 Å². The van der Waals surface area contributed by atoms with Crippen molar-refractivity contribution in [3.05, 3.63) is 78.1 Å². The van der Waals surface area contributed by atoms with E-state index >= 15 is 0 Å². The largest absolute Gasteiger partial charge is 0.335 e. The molecule has 5 aromatic heterocycles. The number of hydrogen-bond donors (Lipinski definition) is 3. The van der Waals surface area contributed by atoms with Crippen LogP contribution in [0.3, 0.4) is 0 Å². The Morgan fingerprint density at radius 1 is 1.13 bits per heavy atom. The third kappa shape index (κ3) is 4.61. The van der Waals surface area contributed by atoms with Crippen molar-refractivity contribution in [2.24, 2.45) is 5.92 Å². The first-order chi connectivity index (χ1) is 18.6. The fourth-order valence-corrected chi connectivity index (χ4v) is 4.37. The van der Waals surface area contributed by atoms with Gasteiger partial charge in [-0.05, 0) is 54.7 Å². The lowest BCUT2D eigenvalue weighted by Gasteiger charge is -2.06. The molecule has 0 radical (unpaired) electrons. The molecule has 38 heavy (non-hydrogen) atoms. The number of aromatic nitrogens is 7. The van der Waals surface area contributed by atoms with Gasteiger partial charge in [-0.15, -0.1) is 0 Å². The van der Waals surface area contributed by atoms with E-state index in [1.807, 2.05) is 24.3 Å². The number of aromatic amines is 2. The Balaban J connectivity index is 1.41. The average molecular weight is 503 g/mol. The van der Waals surface area contributed by atoms with Gasteiger partial charge in [-0.25, -0.2) is 4.98 Å². The summed E-state index contributed by atoms with van der Waals surface area (Å²) in [4.78, 5) is 33.4. The molecule has 0 unspecified atom stereocenters. The van der Waals surface area contributed by atoms with Crippen LogP contribution in [0.15, 0.2) is 62.0 Å². The maximum absolute atomic E-state index is 12.2. The highest BCUT2D eigenvalue weighted by Crippen LogP contribution is 2.30. The molecule has 1 fully saturated rings. The van der Waals surface area contributed by atoms with Crippen LogP contribution >= 0.6 is 0 Å². The summed E-state index contributed by atoms with van der Waals surface area (Å²) in [6, 6.07) is 5.76. The molecule has 0 aliphatic heterocycles. The van der Waals surface area contributed by atoms with Crippen LogP contribution in [0, 0.1) is 5.92 Å². The molecule has 1 aliphatic carbocycles. The van der Waals surface area contributed by atoms with Gasteiger partial charge in [0.2, 0.25) is 5.91 Å². The fourth-order valence-electron chi connectivity index (χ4n) is 4.37.